The molecule has 0 fully saturated rings. The summed E-state index contributed by atoms with van der Waals surface area (Å²) >= 11 is 2.84. The molecule has 0 aliphatic rings. The molecule has 0 amide bonds. The van der Waals surface area contributed by atoms with Gasteiger partial charge in [-0.3, -0.25) is 0 Å². The summed E-state index contributed by atoms with van der Waals surface area (Å²) in [4.78, 5) is 0. The first kappa shape index (κ1) is 10.5. The molecule has 1 N–H and O–H groups in total. The largest absolute Gasteiger partial charge is 0.359 e. The minimum absolute atomic E-state index is 0.0664. The standard InChI is InChI=1S/C8H6BrF3O/c9-6-4-2-1-3-5(6)8(11,12)7(10)13/h1-4,7,13H. The third kappa shape index (κ3) is 2.03. The maximum Gasteiger partial charge on any atom is 0.328 e. The molecule has 0 bridgehead atoms. The molecule has 13 heavy (non-hydrogen) atoms. The van der Waals surface area contributed by atoms with Crippen LogP contribution in [0.1, 0.15) is 5.56 Å². The second-order valence-corrected chi connectivity index (χ2v) is 3.29. The maximum absolute atomic E-state index is 12.9. The Morgan fingerprint density at radius 2 is 1.85 bits per heavy atom. The van der Waals surface area contributed by atoms with Crippen LogP contribution in [-0.4, -0.2) is 11.5 Å². The molecule has 1 unspecified atom stereocenters. The maximum atomic E-state index is 12.9. The molecule has 1 nitrogen and oxygen atoms in total. The molecule has 0 saturated carbocycles. The Balaban J connectivity index is 3.14. The van der Waals surface area contributed by atoms with Gasteiger partial charge in [0.2, 0.25) is 0 Å². The van der Waals surface area contributed by atoms with E-state index in [-0.39, 0.29) is 4.47 Å². The summed E-state index contributed by atoms with van der Waals surface area (Å²) in [6.07, 6.45) is -3.19. The summed E-state index contributed by atoms with van der Waals surface area (Å²) in [6.45, 7) is 0. The number of alkyl halides is 3. The summed E-state index contributed by atoms with van der Waals surface area (Å²) in [7, 11) is 0. The number of rotatable bonds is 2. The van der Waals surface area contributed by atoms with Gasteiger partial charge in [0.25, 0.3) is 6.36 Å². The van der Waals surface area contributed by atoms with E-state index in [1.54, 1.807) is 0 Å². The summed E-state index contributed by atoms with van der Waals surface area (Å²) in [5.41, 5.74) is -0.565. The summed E-state index contributed by atoms with van der Waals surface area (Å²) in [6, 6.07) is 5.27. The molecule has 1 rings (SSSR count). The molecule has 0 radical (unpaired) electrons. The topological polar surface area (TPSA) is 20.2 Å². The molecule has 1 aromatic rings. The lowest BCUT2D eigenvalue weighted by atomic mass is 10.1. The van der Waals surface area contributed by atoms with Gasteiger partial charge in [-0.25, -0.2) is 4.39 Å². The third-order valence-electron chi connectivity index (χ3n) is 1.53. The van der Waals surface area contributed by atoms with Gasteiger partial charge in [0, 0.05) is 10.0 Å². The van der Waals surface area contributed by atoms with E-state index in [1.807, 2.05) is 0 Å². The second kappa shape index (κ2) is 3.67. The van der Waals surface area contributed by atoms with Gasteiger partial charge in [-0.1, -0.05) is 34.1 Å². The Labute approximate surface area is 81.3 Å². The quantitative estimate of drug-likeness (QED) is 0.861. The number of hydrogen-bond donors (Lipinski definition) is 1. The van der Waals surface area contributed by atoms with Crippen molar-refractivity contribution >= 4 is 15.9 Å². The van der Waals surface area contributed by atoms with Crippen LogP contribution in [0.15, 0.2) is 28.7 Å². The van der Waals surface area contributed by atoms with Crippen molar-refractivity contribution in [2.24, 2.45) is 0 Å². The van der Waals surface area contributed by atoms with Crippen molar-refractivity contribution in [3.05, 3.63) is 34.3 Å². The van der Waals surface area contributed by atoms with Gasteiger partial charge in [0.1, 0.15) is 0 Å². The molecular weight excluding hydrogens is 249 g/mol. The summed E-state index contributed by atoms with van der Waals surface area (Å²) < 4.78 is 38.0. The molecule has 1 aromatic carbocycles. The van der Waals surface area contributed by atoms with Crippen LogP contribution in [0, 0.1) is 0 Å². The van der Waals surface area contributed by atoms with Gasteiger partial charge in [-0.2, -0.15) is 8.78 Å². The van der Waals surface area contributed by atoms with E-state index in [1.165, 1.54) is 18.2 Å². The number of aliphatic hydroxyl groups is 1. The molecule has 0 saturated heterocycles. The highest BCUT2D eigenvalue weighted by atomic mass is 79.9. The van der Waals surface area contributed by atoms with Gasteiger partial charge >= 0.3 is 5.92 Å². The number of benzene rings is 1. The monoisotopic (exact) mass is 254 g/mol. The van der Waals surface area contributed by atoms with Crippen LogP contribution in [-0.2, 0) is 5.92 Å². The zero-order valence-electron chi connectivity index (χ0n) is 6.35. The zero-order valence-corrected chi connectivity index (χ0v) is 7.93. The number of halogens is 4. The van der Waals surface area contributed by atoms with E-state index >= 15 is 0 Å². The van der Waals surface area contributed by atoms with Gasteiger partial charge in [-0.05, 0) is 6.07 Å². The molecule has 5 heteroatoms. The van der Waals surface area contributed by atoms with Crippen LogP contribution < -0.4 is 0 Å². The first-order chi connectivity index (χ1) is 5.96. The molecular formula is C8H6BrF3O. The smallest absolute Gasteiger partial charge is 0.328 e. The fourth-order valence-corrected chi connectivity index (χ4v) is 1.41. The minimum atomic E-state index is -3.87. The van der Waals surface area contributed by atoms with Gasteiger partial charge in [0.15, 0.2) is 0 Å². The first-order valence-electron chi connectivity index (χ1n) is 3.41. The van der Waals surface area contributed by atoms with E-state index in [2.05, 4.69) is 15.9 Å². The Morgan fingerprint density at radius 1 is 1.31 bits per heavy atom. The van der Waals surface area contributed by atoms with Crippen molar-refractivity contribution in [2.75, 3.05) is 0 Å². The Bertz CT molecular complexity index is 301. The lowest BCUT2D eigenvalue weighted by Crippen LogP contribution is -2.27. The summed E-state index contributed by atoms with van der Waals surface area (Å²) in [5, 5.41) is 8.22. The molecule has 72 valence electrons. The SMILES string of the molecule is OC(F)C(F)(F)c1ccccc1Br. The first-order valence-corrected chi connectivity index (χ1v) is 4.20. The predicted octanol–water partition coefficient (Wildman–Crippen LogP) is 2.83. The Morgan fingerprint density at radius 3 is 2.31 bits per heavy atom. The van der Waals surface area contributed by atoms with Crippen molar-refractivity contribution in [3.63, 3.8) is 0 Å². The highest BCUT2D eigenvalue weighted by Gasteiger charge is 2.42. The highest BCUT2D eigenvalue weighted by Crippen LogP contribution is 2.36. The van der Waals surface area contributed by atoms with Gasteiger partial charge in [-0.15, -0.1) is 0 Å². The Kier molecular flexibility index (Phi) is 2.98. The number of aliphatic hydroxyl groups excluding tert-OH is 1. The van der Waals surface area contributed by atoms with Crippen molar-refractivity contribution in [1.82, 2.24) is 0 Å². The van der Waals surface area contributed by atoms with Crippen molar-refractivity contribution < 1.29 is 18.3 Å². The highest BCUT2D eigenvalue weighted by molar-refractivity contribution is 9.10. The molecule has 0 aromatic heterocycles. The van der Waals surface area contributed by atoms with E-state index in [0.29, 0.717) is 0 Å². The van der Waals surface area contributed by atoms with Gasteiger partial charge in [0.05, 0.1) is 0 Å². The van der Waals surface area contributed by atoms with Crippen molar-refractivity contribution in [3.8, 4) is 0 Å². The van der Waals surface area contributed by atoms with Crippen LogP contribution in [0.4, 0.5) is 13.2 Å². The molecule has 0 heterocycles. The van der Waals surface area contributed by atoms with Crippen LogP contribution in [0.5, 0.6) is 0 Å². The van der Waals surface area contributed by atoms with E-state index in [4.69, 9.17) is 5.11 Å². The fraction of sp³-hybridized carbons (Fsp3) is 0.250. The lowest BCUT2D eigenvalue weighted by molar-refractivity contribution is -0.175. The second-order valence-electron chi connectivity index (χ2n) is 2.44. The fourth-order valence-electron chi connectivity index (χ4n) is 0.860. The zero-order chi connectivity index (χ0) is 10.1. The minimum Gasteiger partial charge on any atom is -0.359 e. The molecule has 0 spiro atoms. The van der Waals surface area contributed by atoms with Crippen LogP contribution in [0.3, 0.4) is 0 Å². The third-order valence-corrected chi connectivity index (χ3v) is 2.22. The lowest BCUT2D eigenvalue weighted by Gasteiger charge is -2.17. The van der Waals surface area contributed by atoms with Crippen LogP contribution >= 0.6 is 15.9 Å². The predicted molar refractivity (Wildman–Crippen MR) is 45.2 cm³/mol. The van der Waals surface area contributed by atoms with Gasteiger partial charge < -0.3 is 5.11 Å². The average molecular weight is 255 g/mol. The average Bonchev–Trinajstić information content (AvgIpc) is 2.04. The van der Waals surface area contributed by atoms with E-state index < -0.39 is 17.8 Å². The van der Waals surface area contributed by atoms with E-state index in [9.17, 15) is 13.2 Å². The number of hydrogen-bond acceptors (Lipinski definition) is 1. The summed E-state index contributed by atoms with van der Waals surface area (Å²) in [5.74, 6) is -3.87. The normalized spacial score (nSPS) is 14.2. The molecule has 1 atom stereocenters. The van der Waals surface area contributed by atoms with E-state index in [0.717, 1.165) is 6.07 Å². The van der Waals surface area contributed by atoms with Crippen LogP contribution in [0.2, 0.25) is 0 Å². The Hall–Kier alpha value is -0.550. The molecule has 0 aliphatic heterocycles. The van der Waals surface area contributed by atoms with Crippen LogP contribution in [0.25, 0.3) is 0 Å². The van der Waals surface area contributed by atoms with Crippen molar-refractivity contribution in [1.29, 1.82) is 0 Å². The van der Waals surface area contributed by atoms with Crippen molar-refractivity contribution in [2.45, 2.75) is 12.3 Å². The molecule has 0 aliphatic carbocycles.